The van der Waals surface area contributed by atoms with E-state index in [-0.39, 0.29) is 11.3 Å². The van der Waals surface area contributed by atoms with Crippen LogP contribution < -0.4 is 5.32 Å². The second-order valence-corrected chi connectivity index (χ2v) is 4.59. The van der Waals surface area contributed by atoms with Crippen molar-refractivity contribution >= 4 is 5.82 Å². The van der Waals surface area contributed by atoms with Gasteiger partial charge in [0, 0.05) is 30.2 Å². The van der Waals surface area contributed by atoms with Crippen LogP contribution in [0.15, 0.2) is 12.1 Å². The summed E-state index contributed by atoms with van der Waals surface area (Å²) < 4.78 is 40.4. The van der Waals surface area contributed by atoms with Crippen LogP contribution in [0, 0.1) is 24.4 Å². The minimum absolute atomic E-state index is 0.0670. The van der Waals surface area contributed by atoms with E-state index < -0.39 is 17.5 Å². The van der Waals surface area contributed by atoms with Gasteiger partial charge in [0.25, 0.3) is 0 Å². The Labute approximate surface area is 121 Å². The molecule has 0 radical (unpaired) electrons. The number of hydrogen-bond donors (Lipinski definition) is 1. The van der Waals surface area contributed by atoms with Gasteiger partial charge in [-0.05, 0) is 19.9 Å². The number of rotatable bonds is 4. The van der Waals surface area contributed by atoms with E-state index >= 15 is 0 Å². The highest BCUT2D eigenvalue weighted by atomic mass is 19.2. The molecule has 0 aliphatic carbocycles. The lowest BCUT2D eigenvalue weighted by Gasteiger charge is -2.13. The SMILES string of the molecule is CCNc1nc(CC)nc(-c2cc(F)c(F)cc2F)c1C. The van der Waals surface area contributed by atoms with Gasteiger partial charge in [0.15, 0.2) is 11.6 Å². The molecule has 0 saturated heterocycles. The van der Waals surface area contributed by atoms with Crippen LogP contribution in [0.4, 0.5) is 19.0 Å². The van der Waals surface area contributed by atoms with Crippen LogP contribution in [0.3, 0.4) is 0 Å². The smallest absolute Gasteiger partial charge is 0.161 e. The van der Waals surface area contributed by atoms with Crippen molar-refractivity contribution in [3.63, 3.8) is 0 Å². The molecule has 112 valence electrons. The van der Waals surface area contributed by atoms with Crippen molar-refractivity contribution in [1.29, 1.82) is 0 Å². The lowest BCUT2D eigenvalue weighted by Crippen LogP contribution is -2.08. The molecule has 0 aliphatic heterocycles. The first-order valence-electron chi connectivity index (χ1n) is 6.74. The summed E-state index contributed by atoms with van der Waals surface area (Å²) in [6.07, 6.45) is 0.553. The van der Waals surface area contributed by atoms with Crippen LogP contribution in [0.5, 0.6) is 0 Å². The second kappa shape index (κ2) is 6.11. The fraction of sp³-hybridized carbons (Fsp3) is 0.333. The van der Waals surface area contributed by atoms with Crippen LogP contribution in [-0.2, 0) is 6.42 Å². The average Bonchev–Trinajstić information content (AvgIpc) is 2.45. The molecule has 2 aromatic rings. The molecule has 0 amide bonds. The molecule has 6 heteroatoms. The first kappa shape index (κ1) is 15.3. The zero-order valence-corrected chi connectivity index (χ0v) is 12.1. The van der Waals surface area contributed by atoms with Gasteiger partial charge in [-0.25, -0.2) is 23.1 Å². The third kappa shape index (κ3) is 2.99. The largest absolute Gasteiger partial charge is 0.370 e. The highest BCUT2D eigenvalue weighted by molar-refractivity contribution is 5.68. The zero-order chi connectivity index (χ0) is 15.6. The summed E-state index contributed by atoms with van der Waals surface area (Å²) in [5.74, 6) is -2.09. The summed E-state index contributed by atoms with van der Waals surface area (Å²) in [5.41, 5.74) is 0.802. The second-order valence-electron chi connectivity index (χ2n) is 4.59. The number of nitrogens with one attached hydrogen (secondary N) is 1. The standard InChI is InChI=1S/C15H16F3N3/c1-4-13-20-14(8(3)15(21-13)19-5-2)9-6-11(17)12(18)7-10(9)16/h6-7H,4-5H2,1-3H3,(H,19,20,21). The maximum absolute atomic E-state index is 14.0. The van der Waals surface area contributed by atoms with Crippen molar-refractivity contribution in [3.05, 3.63) is 41.0 Å². The molecule has 3 nitrogen and oxygen atoms in total. The summed E-state index contributed by atoms with van der Waals surface area (Å²) in [5, 5.41) is 3.06. The molecule has 1 aromatic heterocycles. The summed E-state index contributed by atoms with van der Waals surface area (Å²) in [7, 11) is 0. The lowest BCUT2D eigenvalue weighted by atomic mass is 10.1. The number of aryl methyl sites for hydroxylation is 1. The van der Waals surface area contributed by atoms with Crippen molar-refractivity contribution in [2.45, 2.75) is 27.2 Å². The number of hydrogen-bond acceptors (Lipinski definition) is 3. The Kier molecular flexibility index (Phi) is 4.45. The highest BCUT2D eigenvalue weighted by Gasteiger charge is 2.17. The van der Waals surface area contributed by atoms with Crippen molar-refractivity contribution in [1.82, 2.24) is 9.97 Å². The number of nitrogens with zero attached hydrogens (tertiary/aromatic N) is 2. The minimum atomic E-state index is -1.22. The van der Waals surface area contributed by atoms with Crippen molar-refractivity contribution in [2.75, 3.05) is 11.9 Å². The maximum atomic E-state index is 14.0. The fourth-order valence-electron chi connectivity index (χ4n) is 2.03. The van der Waals surface area contributed by atoms with E-state index in [1.54, 1.807) is 6.92 Å². The van der Waals surface area contributed by atoms with Gasteiger partial charge in [0.2, 0.25) is 0 Å². The van der Waals surface area contributed by atoms with Crippen LogP contribution in [-0.4, -0.2) is 16.5 Å². The summed E-state index contributed by atoms with van der Waals surface area (Å²) in [6, 6.07) is 1.36. The Hall–Kier alpha value is -2.11. The van der Waals surface area contributed by atoms with Crippen LogP contribution in [0.2, 0.25) is 0 Å². The Balaban J connectivity index is 2.68. The summed E-state index contributed by atoms with van der Waals surface area (Å²) in [4.78, 5) is 8.58. The maximum Gasteiger partial charge on any atom is 0.161 e. The van der Waals surface area contributed by atoms with Crippen LogP contribution >= 0.6 is 0 Å². The van der Waals surface area contributed by atoms with Gasteiger partial charge >= 0.3 is 0 Å². The topological polar surface area (TPSA) is 37.8 Å². The highest BCUT2D eigenvalue weighted by Crippen LogP contribution is 2.29. The Bertz CT molecular complexity index is 672. The third-order valence-electron chi connectivity index (χ3n) is 3.12. The molecular formula is C15H16F3N3. The molecule has 0 saturated carbocycles. The Morgan fingerprint density at radius 2 is 1.67 bits per heavy atom. The molecule has 0 aliphatic rings. The predicted molar refractivity (Wildman–Crippen MR) is 75.6 cm³/mol. The first-order chi connectivity index (χ1) is 9.97. The number of halogens is 3. The van der Waals surface area contributed by atoms with E-state index in [2.05, 4.69) is 15.3 Å². The van der Waals surface area contributed by atoms with Gasteiger partial charge in [-0.1, -0.05) is 6.92 Å². The number of benzene rings is 1. The van der Waals surface area contributed by atoms with Gasteiger partial charge in [-0.3, -0.25) is 0 Å². The predicted octanol–water partition coefficient (Wildman–Crippen LogP) is 3.86. The molecule has 0 bridgehead atoms. The molecule has 0 atom stereocenters. The fourth-order valence-corrected chi connectivity index (χ4v) is 2.03. The first-order valence-corrected chi connectivity index (χ1v) is 6.74. The van der Waals surface area contributed by atoms with Crippen molar-refractivity contribution in [3.8, 4) is 11.3 Å². The van der Waals surface area contributed by atoms with Crippen LogP contribution in [0.25, 0.3) is 11.3 Å². The van der Waals surface area contributed by atoms with Gasteiger partial charge < -0.3 is 5.32 Å². The lowest BCUT2D eigenvalue weighted by molar-refractivity contribution is 0.496. The van der Waals surface area contributed by atoms with Gasteiger partial charge in [-0.15, -0.1) is 0 Å². The summed E-state index contributed by atoms with van der Waals surface area (Å²) in [6.45, 7) is 6.13. The van der Waals surface area contributed by atoms with Gasteiger partial charge in [-0.2, -0.15) is 0 Å². The normalized spacial score (nSPS) is 10.8. The average molecular weight is 295 g/mol. The minimum Gasteiger partial charge on any atom is -0.370 e. The molecule has 1 aromatic carbocycles. The molecule has 0 spiro atoms. The van der Waals surface area contributed by atoms with Gasteiger partial charge in [0.05, 0.1) is 5.69 Å². The van der Waals surface area contributed by atoms with E-state index in [9.17, 15) is 13.2 Å². The number of aromatic nitrogens is 2. The molecule has 1 N–H and O–H groups in total. The zero-order valence-electron chi connectivity index (χ0n) is 12.1. The quantitative estimate of drug-likeness (QED) is 0.870. The molecule has 2 rings (SSSR count). The molecule has 1 heterocycles. The van der Waals surface area contributed by atoms with E-state index in [4.69, 9.17) is 0 Å². The van der Waals surface area contributed by atoms with Gasteiger partial charge in [0.1, 0.15) is 17.5 Å². The molecule has 0 unspecified atom stereocenters. The number of anilines is 1. The van der Waals surface area contributed by atoms with E-state index in [0.717, 1.165) is 6.07 Å². The molecular weight excluding hydrogens is 279 g/mol. The van der Waals surface area contributed by atoms with E-state index in [1.807, 2.05) is 13.8 Å². The molecule has 0 fully saturated rings. The third-order valence-corrected chi connectivity index (χ3v) is 3.12. The summed E-state index contributed by atoms with van der Waals surface area (Å²) >= 11 is 0. The Morgan fingerprint density at radius 1 is 1.00 bits per heavy atom. The van der Waals surface area contributed by atoms with E-state index in [1.165, 1.54) is 0 Å². The van der Waals surface area contributed by atoms with Crippen LogP contribution in [0.1, 0.15) is 25.2 Å². The van der Waals surface area contributed by atoms with Crippen molar-refractivity contribution < 1.29 is 13.2 Å². The Morgan fingerprint density at radius 3 is 2.29 bits per heavy atom. The monoisotopic (exact) mass is 295 g/mol. The van der Waals surface area contributed by atoms with Crippen molar-refractivity contribution in [2.24, 2.45) is 0 Å². The van der Waals surface area contributed by atoms with E-state index in [0.29, 0.717) is 36.2 Å². The molecule has 21 heavy (non-hydrogen) atoms.